The maximum Gasteiger partial charge on any atom is 0.252 e. The first-order valence-corrected chi connectivity index (χ1v) is 11.9. The third-order valence-electron chi connectivity index (χ3n) is 5.52. The van der Waals surface area contributed by atoms with E-state index in [1.807, 2.05) is 49.4 Å². The van der Waals surface area contributed by atoms with Crippen molar-refractivity contribution in [2.45, 2.75) is 50.0 Å². The van der Waals surface area contributed by atoms with Crippen molar-refractivity contribution in [1.82, 2.24) is 10.6 Å². The Kier molecular flexibility index (Phi) is 8.64. The van der Waals surface area contributed by atoms with E-state index in [1.165, 1.54) is 43.9 Å². The lowest BCUT2D eigenvalue weighted by atomic mass is 9.89. The molecule has 2 aromatic rings. The van der Waals surface area contributed by atoms with Crippen molar-refractivity contribution in [3.05, 3.63) is 64.7 Å². The molecular weight excluding hydrogens is 416 g/mol. The van der Waals surface area contributed by atoms with Gasteiger partial charge in [-0.3, -0.25) is 9.59 Å². The van der Waals surface area contributed by atoms with E-state index < -0.39 is 0 Å². The van der Waals surface area contributed by atoms with Gasteiger partial charge in [0.2, 0.25) is 5.91 Å². The van der Waals surface area contributed by atoms with E-state index in [1.54, 1.807) is 6.07 Å². The van der Waals surface area contributed by atoms with Crippen molar-refractivity contribution in [2.75, 3.05) is 12.3 Å². The van der Waals surface area contributed by atoms with Gasteiger partial charge in [0.25, 0.3) is 5.91 Å². The average Bonchev–Trinajstić information content (AvgIpc) is 2.77. The molecule has 1 aliphatic carbocycles. The van der Waals surface area contributed by atoms with Crippen LogP contribution in [-0.2, 0) is 4.79 Å². The minimum Gasteiger partial charge on any atom is -0.355 e. The summed E-state index contributed by atoms with van der Waals surface area (Å²) in [7, 11) is 0. The number of rotatable bonds is 8. The molecule has 160 valence electrons. The van der Waals surface area contributed by atoms with E-state index in [0.29, 0.717) is 22.3 Å². The van der Waals surface area contributed by atoms with E-state index in [4.69, 9.17) is 11.6 Å². The van der Waals surface area contributed by atoms with Gasteiger partial charge in [0.15, 0.2) is 0 Å². The second kappa shape index (κ2) is 11.4. The second-order valence-corrected chi connectivity index (χ2v) is 9.29. The summed E-state index contributed by atoms with van der Waals surface area (Å²) >= 11 is 7.35. The van der Waals surface area contributed by atoms with Crippen molar-refractivity contribution in [1.29, 1.82) is 0 Å². The number of halogens is 1. The lowest BCUT2D eigenvalue weighted by molar-refractivity contribution is -0.118. The van der Waals surface area contributed by atoms with E-state index in [-0.39, 0.29) is 17.9 Å². The zero-order valence-corrected chi connectivity index (χ0v) is 18.9. The lowest BCUT2D eigenvalue weighted by Crippen LogP contribution is -2.31. The fourth-order valence-corrected chi connectivity index (χ4v) is 4.74. The molecule has 2 N–H and O–H groups in total. The monoisotopic (exact) mass is 444 g/mol. The van der Waals surface area contributed by atoms with Gasteiger partial charge in [0.1, 0.15) is 0 Å². The van der Waals surface area contributed by atoms with Crippen LogP contribution in [-0.4, -0.2) is 24.1 Å². The Hall–Kier alpha value is -1.98. The molecule has 1 saturated carbocycles. The van der Waals surface area contributed by atoms with Crippen LogP contribution in [0.25, 0.3) is 0 Å². The Morgan fingerprint density at radius 2 is 1.77 bits per heavy atom. The molecule has 1 fully saturated rings. The number of hydrogen-bond acceptors (Lipinski definition) is 3. The molecule has 3 rings (SSSR count). The summed E-state index contributed by atoms with van der Waals surface area (Å²) in [4.78, 5) is 25.9. The third-order valence-corrected chi connectivity index (χ3v) is 6.85. The van der Waals surface area contributed by atoms with Crippen LogP contribution in [0.2, 0.25) is 5.02 Å². The average molecular weight is 445 g/mol. The largest absolute Gasteiger partial charge is 0.355 e. The molecule has 1 aliphatic rings. The molecule has 0 radical (unpaired) electrons. The van der Waals surface area contributed by atoms with Crippen molar-refractivity contribution >= 4 is 35.2 Å². The zero-order chi connectivity index (χ0) is 21.3. The molecule has 30 heavy (non-hydrogen) atoms. The Labute approximate surface area is 188 Å². The van der Waals surface area contributed by atoms with Crippen LogP contribution in [0.5, 0.6) is 0 Å². The summed E-state index contributed by atoms with van der Waals surface area (Å²) in [6, 6.07) is 14.7. The summed E-state index contributed by atoms with van der Waals surface area (Å²) in [5.41, 5.74) is 1.57. The van der Waals surface area contributed by atoms with E-state index in [2.05, 4.69) is 10.6 Å². The van der Waals surface area contributed by atoms with E-state index >= 15 is 0 Å². The van der Waals surface area contributed by atoms with Gasteiger partial charge >= 0.3 is 0 Å². The summed E-state index contributed by atoms with van der Waals surface area (Å²) in [5, 5.41) is 6.76. The van der Waals surface area contributed by atoms with Gasteiger partial charge in [-0.2, -0.15) is 0 Å². The SMILES string of the molecule is CC(NC(=O)c1ccccc1SCC(=O)NCC1CCCCC1)c1ccc(Cl)cc1. The number of carbonyl (C=O) groups is 2. The molecule has 0 saturated heterocycles. The Morgan fingerprint density at radius 1 is 1.07 bits per heavy atom. The number of thioether (sulfide) groups is 1. The second-order valence-electron chi connectivity index (χ2n) is 7.84. The van der Waals surface area contributed by atoms with Crippen molar-refractivity contribution in [2.24, 2.45) is 5.92 Å². The number of hydrogen-bond donors (Lipinski definition) is 2. The molecule has 2 amide bonds. The van der Waals surface area contributed by atoms with Gasteiger partial charge in [0.05, 0.1) is 17.4 Å². The molecule has 0 bridgehead atoms. The fourth-order valence-electron chi connectivity index (χ4n) is 3.73. The Morgan fingerprint density at radius 3 is 2.50 bits per heavy atom. The van der Waals surface area contributed by atoms with Crippen LogP contribution in [0, 0.1) is 5.92 Å². The number of carbonyl (C=O) groups excluding carboxylic acids is 2. The standard InChI is InChI=1S/C24H29ClN2O2S/c1-17(19-11-13-20(25)14-12-19)27-24(29)21-9-5-6-10-22(21)30-16-23(28)26-15-18-7-3-2-4-8-18/h5-6,9-14,17-18H,2-4,7-8,15-16H2,1H3,(H,26,28)(H,27,29). The highest BCUT2D eigenvalue weighted by Gasteiger charge is 2.17. The first kappa shape index (κ1) is 22.7. The molecule has 0 aliphatic heterocycles. The van der Waals surface area contributed by atoms with E-state index in [9.17, 15) is 9.59 Å². The van der Waals surface area contributed by atoms with Gasteiger partial charge < -0.3 is 10.6 Å². The van der Waals surface area contributed by atoms with Crippen LogP contribution < -0.4 is 10.6 Å². The van der Waals surface area contributed by atoms with Crippen LogP contribution in [0.4, 0.5) is 0 Å². The van der Waals surface area contributed by atoms with Gasteiger partial charge in [-0.25, -0.2) is 0 Å². The fraction of sp³-hybridized carbons (Fsp3) is 0.417. The van der Waals surface area contributed by atoms with Crippen molar-refractivity contribution < 1.29 is 9.59 Å². The summed E-state index contributed by atoms with van der Waals surface area (Å²) in [6.45, 7) is 2.70. The number of amides is 2. The minimum atomic E-state index is -0.150. The third kappa shape index (κ3) is 6.78. The highest BCUT2D eigenvalue weighted by molar-refractivity contribution is 8.00. The van der Waals surface area contributed by atoms with Gasteiger partial charge in [-0.15, -0.1) is 11.8 Å². The Balaban J connectivity index is 1.53. The summed E-state index contributed by atoms with van der Waals surface area (Å²) < 4.78 is 0. The molecule has 0 spiro atoms. The molecule has 4 nitrogen and oxygen atoms in total. The van der Waals surface area contributed by atoms with Gasteiger partial charge in [-0.05, 0) is 55.5 Å². The van der Waals surface area contributed by atoms with Gasteiger partial charge in [-0.1, -0.05) is 55.1 Å². The van der Waals surface area contributed by atoms with Crippen LogP contribution in [0.3, 0.4) is 0 Å². The highest BCUT2D eigenvalue weighted by atomic mass is 35.5. The first-order valence-electron chi connectivity index (χ1n) is 10.6. The smallest absolute Gasteiger partial charge is 0.252 e. The van der Waals surface area contributed by atoms with E-state index in [0.717, 1.165) is 17.0 Å². The molecule has 1 atom stereocenters. The predicted octanol–water partition coefficient (Wildman–Crippen LogP) is 5.62. The predicted molar refractivity (Wildman–Crippen MR) is 124 cm³/mol. The molecule has 0 aromatic heterocycles. The minimum absolute atomic E-state index is 0.0234. The molecule has 0 heterocycles. The topological polar surface area (TPSA) is 58.2 Å². The van der Waals surface area contributed by atoms with Crippen LogP contribution in [0.1, 0.15) is 61.0 Å². The quantitative estimate of drug-likeness (QED) is 0.519. The molecule has 1 unspecified atom stereocenters. The summed E-state index contributed by atoms with van der Waals surface area (Å²) in [6.07, 6.45) is 6.28. The van der Waals surface area contributed by atoms with Crippen molar-refractivity contribution in [3.63, 3.8) is 0 Å². The van der Waals surface area contributed by atoms with Crippen molar-refractivity contribution in [3.8, 4) is 0 Å². The number of benzene rings is 2. The lowest BCUT2D eigenvalue weighted by Gasteiger charge is -2.21. The van der Waals surface area contributed by atoms with Gasteiger partial charge in [0, 0.05) is 16.5 Å². The van der Waals surface area contributed by atoms with Crippen LogP contribution >= 0.6 is 23.4 Å². The zero-order valence-electron chi connectivity index (χ0n) is 17.3. The highest BCUT2D eigenvalue weighted by Crippen LogP contribution is 2.25. The first-order chi connectivity index (χ1) is 14.5. The molecule has 6 heteroatoms. The molecular formula is C24H29ClN2O2S. The number of nitrogens with one attached hydrogen (secondary N) is 2. The molecule has 2 aromatic carbocycles. The van der Waals surface area contributed by atoms with Crippen LogP contribution in [0.15, 0.2) is 53.4 Å². The maximum absolute atomic E-state index is 12.8. The Bertz CT molecular complexity index is 851. The summed E-state index contributed by atoms with van der Waals surface area (Å²) in [5.74, 6) is 0.794. The maximum atomic E-state index is 12.8. The normalized spacial score (nSPS) is 15.4.